The maximum Gasteiger partial charge on any atom is 0.0271 e. The molecule has 1 atom stereocenters. The summed E-state index contributed by atoms with van der Waals surface area (Å²) in [6.07, 6.45) is 6.41. The lowest BCUT2D eigenvalue weighted by Gasteiger charge is -2.22. The van der Waals surface area contributed by atoms with Gasteiger partial charge in [-0.15, -0.1) is 0 Å². The monoisotopic (exact) mass is 219 g/mol. The first-order valence-electron chi connectivity index (χ1n) is 6.24. The molecular formula is C13H21N3. The Hall–Kier alpha value is -0.930. The lowest BCUT2D eigenvalue weighted by Crippen LogP contribution is -2.37. The third-order valence-corrected chi connectivity index (χ3v) is 3.36. The predicted octanol–water partition coefficient (Wildman–Crippen LogP) is 1.66. The van der Waals surface area contributed by atoms with Crippen LogP contribution >= 0.6 is 0 Å². The Bertz CT molecular complexity index is 299. The van der Waals surface area contributed by atoms with E-state index < -0.39 is 0 Å². The Morgan fingerprint density at radius 2 is 2.25 bits per heavy atom. The fourth-order valence-corrected chi connectivity index (χ4v) is 2.43. The maximum atomic E-state index is 4.02. The lowest BCUT2D eigenvalue weighted by molar-refractivity contribution is 0.260. The van der Waals surface area contributed by atoms with Crippen molar-refractivity contribution in [2.45, 2.75) is 32.4 Å². The van der Waals surface area contributed by atoms with Crippen LogP contribution in [0.15, 0.2) is 24.5 Å². The zero-order valence-electron chi connectivity index (χ0n) is 10.0. The minimum Gasteiger partial charge on any atom is -0.311 e. The van der Waals surface area contributed by atoms with E-state index in [2.05, 4.69) is 34.3 Å². The minimum absolute atomic E-state index is 0.742. The molecule has 0 aromatic carbocycles. The number of rotatable bonds is 5. The third-order valence-electron chi connectivity index (χ3n) is 3.36. The fourth-order valence-electron chi connectivity index (χ4n) is 2.43. The summed E-state index contributed by atoms with van der Waals surface area (Å²) in [5, 5.41) is 3.54. The van der Waals surface area contributed by atoms with Gasteiger partial charge in [-0.2, -0.15) is 0 Å². The highest BCUT2D eigenvalue weighted by molar-refractivity contribution is 5.09. The van der Waals surface area contributed by atoms with Crippen LogP contribution in [0.5, 0.6) is 0 Å². The summed E-state index contributed by atoms with van der Waals surface area (Å²) in [4.78, 5) is 6.59. The molecule has 0 amide bonds. The van der Waals surface area contributed by atoms with E-state index in [1.165, 1.54) is 31.5 Å². The Kier molecular flexibility index (Phi) is 4.31. The molecule has 0 saturated carbocycles. The van der Waals surface area contributed by atoms with E-state index in [1.54, 1.807) is 0 Å². The highest BCUT2D eigenvalue weighted by Crippen LogP contribution is 2.15. The number of hydrogen-bond acceptors (Lipinski definition) is 3. The molecule has 1 aromatic rings. The minimum atomic E-state index is 0.742. The standard InChI is InChI=1S/C13H21N3/c1-2-16-9-3-4-13(16)11-15-10-12-5-7-14-8-6-12/h5-8,13,15H,2-4,9-11H2,1H3/t13-/m0/s1. The van der Waals surface area contributed by atoms with Gasteiger partial charge in [-0.05, 0) is 43.6 Å². The van der Waals surface area contributed by atoms with Gasteiger partial charge in [-0.3, -0.25) is 9.88 Å². The van der Waals surface area contributed by atoms with Crippen molar-refractivity contribution in [3.63, 3.8) is 0 Å². The Morgan fingerprint density at radius 3 is 3.00 bits per heavy atom. The summed E-state index contributed by atoms with van der Waals surface area (Å²) in [5.74, 6) is 0. The van der Waals surface area contributed by atoms with Crippen LogP contribution in [0.25, 0.3) is 0 Å². The Morgan fingerprint density at radius 1 is 1.44 bits per heavy atom. The van der Waals surface area contributed by atoms with Crippen molar-refractivity contribution < 1.29 is 0 Å². The van der Waals surface area contributed by atoms with Crippen molar-refractivity contribution in [1.82, 2.24) is 15.2 Å². The van der Waals surface area contributed by atoms with E-state index in [0.717, 1.165) is 19.1 Å². The molecule has 3 nitrogen and oxygen atoms in total. The van der Waals surface area contributed by atoms with Gasteiger partial charge in [0.05, 0.1) is 0 Å². The highest BCUT2D eigenvalue weighted by Gasteiger charge is 2.21. The van der Waals surface area contributed by atoms with Gasteiger partial charge in [-0.1, -0.05) is 6.92 Å². The van der Waals surface area contributed by atoms with Crippen molar-refractivity contribution in [2.24, 2.45) is 0 Å². The van der Waals surface area contributed by atoms with E-state index in [1.807, 2.05) is 12.4 Å². The molecule has 0 bridgehead atoms. The molecule has 2 rings (SSSR count). The number of aromatic nitrogens is 1. The zero-order valence-corrected chi connectivity index (χ0v) is 10.0. The van der Waals surface area contributed by atoms with E-state index in [4.69, 9.17) is 0 Å². The quantitative estimate of drug-likeness (QED) is 0.816. The highest BCUT2D eigenvalue weighted by atomic mass is 15.2. The van der Waals surface area contributed by atoms with Gasteiger partial charge in [-0.25, -0.2) is 0 Å². The molecule has 0 unspecified atom stereocenters. The summed E-state index contributed by atoms with van der Waals surface area (Å²) in [6.45, 7) is 6.77. The molecule has 0 aliphatic carbocycles. The second-order valence-corrected chi connectivity index (χ2v) is 4.41. The smallest absolute Gasteiger partial charge is 0.0271 e. The van der Waals surface area contributed by atoms with Gasteiger partial charge in [0.15, 0.2) is 0 Å². The molecule has 1 aliphatic heterocycles. The number of nitrogens with one attached hydrogen (secondary N) is 1. The van der Waals surface area contributed by atoms with Crippen LogP contribution < -0.4 is 5.32 Å². The van der Waals surface area contributed by atoms with Crippen molar-refractivity contribution in [2.75, 3.05) is 19.6 Å². The van der Waals surface area contributed by atoms with Crippen LogP contribution in [0, 0.1) is 0 Å². The molecule has 0 spiro atoms. The van der Waals surface area contributed by atoms with Gasteiger partial charge in [0.1, 0.15) is 0 Å². The molecule has 16 heavy (non-hydrogen) atoms. The normalized spacial score (nSPS) is 21.4. The molecule has 1 fully saturated rings. The summed E-state index contributed by atoms with van der Waals surface area (Å²) < 4.78 is 0. The van der Waals surface area contributed by atoms with Crippen LogP contribution in [0.1, 0.15) is 25.3 Å². The maximum absolute atomic E-state index is 4.02. The summed E-state index contributed by atoms with van der Waals surface area (Å²) in [7, 11) is 0. The van der Waals surface area contributed by atoms with E-state index in [0.29, 0.717) is 0 Å². The molecule has 1 N–H and O–H groups in total. The first-order valence-corrected chi connectivity index (χ1v) is 6.24. The van der Waals surface area contributed by atoms with E-state index >= 15 is 0 Å². The van der Waals surface area contributed by atoms with Gasteiger partial charge in [0.2, 0.25) is 0 Å². The van der Waals surface area contributed by atoms with Crippen molar-refractivity contribution in [1.29, 1.82) is 0 Å². The molecule has 88 valence electrons. The SMILES string of the molecule is CCN1CCC[C@H]1CNCc1ccncc1. The average Bonchev–Trinajstić information content (AvgIpc) is 2.78. The predicted molar refractivity (Wildman–Crippen MR) is 66.2 cm³/mol. The average molecular weight is 219 g/mol. The van der Waals surface area contributed by atoms with E-state index in [-0.39, 0.29) is 0 Å². The van der Waals surface area contributed by atoms with Gasteiger partial charge < -0.3 is 5.32 Å². The molecule has 1 saturated heterocycles. The van der Waals surface area contributed by atoms with Crippen LogP contribution in [0.2, 0.25) is 0 Å². The third kappa shape index (κ3) is 3.03. The largest absolute Gasteiger partial charge is 0.311 e. The van der Waals surface area contributed by atoms with Gasteiger partial charge in [0.25, 0.3) is 0 Å². The first-order chi connectivity index (χ1) is 7.90. The van der Waals surface area contributed by atoms with Crippen LogP contribution in [0.3, 0.4) is 0 Å². The second-order valence-electron chi connectivity index (χ2n) is 4.41. The molecule has 2 heterocycles. The van der Waals surface area contributed by atoms with E-state index in [9.17, 15) is 0 Å². The molecule has 3 heteroatoms. The van der Waals surface area contributed by atoms with Crippen molar-refractivity contribution in [3.8, 4) is 0 Å². The fraction of sp³-hybridized carbons (Fsp3) is 0.615. The number of hydrogen-bond donors (Lipinski definition) is 1. The molecule has 1 aliphatic rings. The van der Waals surface area contributed by atoms with Gasteiger partial charge >= 0.3 is 0 Å². The summed E-state index contributed by atoms with van der Waals surface area (Å²) >= 11 is 0. The summed E-state index contributed by atoms with van der Waals surface area (Å²) in [6, 6.07) is 4.88. The number of likely N-dealkylation sites (tertiary alicyclic amines) is 1. The molecule has 0 radical (unpaired) electrons. The molecular weight excluding hydrogens is 198 g/mol. The number of nitrogens with zero attached hydrogens (tertiary/aromatic N) is 2. The number of pyridine rings is 1. The zero-order chi connectivity index (χ0) is 11.2. The Balaban J connectivity index is 1.72. The van der Waals surface area contributed by atoms with Crippen LogP contribution in [-0.2, 0) is 6.54 Å². The molecule has 1 aromatic heterocycles. The second kappa shape index (κ2) is 5.97. The first kappa shape index (κ1) is 11.6. The number of likely N-dealkylation sites (N-methyl/N-ethyl adjacent to an activating group) is 1. The Labute approximate surface area is 97.9 Å². The van der Waals surface area contributed by atoms with Crippen LogP contribution in [-0.4, -0.2) is 35.6 Å². The lowest BCUT2D eigenvalue weighted by atomic mass is 10.2. The van der Waals surface area contributed by atoms with Crippen molar-refractivity contribution in [3.05, 3.63) is 30.1 Å². The topological polar surface area (TPSA) is 28.2 Å². The van der Waals surface area contributed by atoms with Crippen molar-refractivity contribution >= 4 is 0 Å². The van der Waals surface area contributed by atoms with Gasteiger partial charge in [0, 0.05) is 31.5 Å². The van der Waals surface area contributed by atoms with Crippen LogP contribution in [0.4, 0.5) is 0 Å². The summed E-state index contributed by atoms with van der Waals surface area (Å²) in [5.41, 5.74) is 1.32.